The van der Waals surface area contributed by atoms with Crippen molar-refractivity contribution in [3.8, 4) is 0 Å². The number of nitrogens with zero attached hydrogens (tertiary/aromatic N) is 2. The van der Waals surface area contributed by atoms with Crippen LogP contribution in [0.4, 0.5) is 0 Å². The van der Waals surface area contributed by atoms with Gasteiger partial charge in [0, 0.05) is 19.0 Å². The summed E-state index contributed by atoms with van der Waals surface area (Å²) in [5, 5.41) is 0. The summed E-state index contributed by atoms with van der Waals surface area (Å²) in [5.41, 5.74) is 0.318. The highest BCUT2D eigenvalue weighted by atomic mass is 35.5. The van der Waals surface area contributed by atoms with Gasteiger partial charge in [-0.25, -0.2) is 0 Å². The first kappa shape index (κ1) is 23.0. The number of furan rings is 1. The molecular weight excluding hydrogens is 388 g/mol. The lowest BCUT2D eigenvalue weighted by Gasteiger charge is -2.32. The van der Waals surface area contributed by atoms with Crippen LogP contribution in [0.15, 0.2) is 46.9 Å². The average Bonchev–Trinajstić information content (AvgIpc) is 3.12. The minimum absolute atomic E-state index is 0.0273. The van der Waals surface area contributed by atoms with Crippen LogP contribution in [0.2, 0.25) is 0 Å². The lowest BCUT2D eigenvalue weighted by molar-refractivity contribution is -0.146. The number of amides is 2. The number of benzene rings is 1. The largest absolute Gasteiger partial charge is 0.464 e. The Morgan fingerprint density at radius 1 is 1.03 bits per heavy atom. The number of hydrogen-bond donors (Lipinski definition) is 0. The predicted molar refractivity (Wildman–Crippen MR) is 116 cm³/mol. The van der Waals surface area contributed by atoms with Gasteiger partial charge in [-0.1, -0.05) is 37.3 Å². The van der Waals surface area contributed by atoms with E-state index in [2.05, 4.69) is 0 Å². The Morgan fingerprint density at radius 2 is 1.72 bits per heavy atom. The van der Waals surface area contributed by atoms with Crippen molar-refractivity contribution in [1.29, 1.82) is 0 Å². The third kappa shape index (κ3) is 6.64. The molecule has 0 aliphatic heterocycles. The van der Waals surface area contributed by atoms with E-state index in [1.54, 1.807) is 9.80 Å². The van der Waals surface area contributed by atoms with E-state index in [1.165, 1.54) is 0 Å². The maximum absolute atomic E-state index is 13.2. The van der Waals surface area contributed by atoms with E-state index in [0.29, 0.717) is 19.6 Å². The summed E-state index contributed by atoms with van der Waals surface area (Å²) in [6.07, 6.45) is 0.771. The zero-order valence-corrected chi connectivity index (χ0v) is 18.5. The number of carbonyl (C=O) groups is 2. The highest BCUT2D eigenvalue weighted by Gasteiger charge is 2.32. The van der Waals surface area contributed by atoms with Crippen LogP contribution in [0.3, 0.4) is 0 Å². The topological polar surface area (TPSA) is 53.8 Å². The van der Waals surface area contributed by atoms with Crippen LogP contribution in [0.25, 0.3) is 0 Å². The van der Waals surface area contributed by atoms with Gasteiger partial charge in [0.25, 0.3) is 0 Å². The summed E-state index contributed by atoms with van der Waals surface area (Å²) < 4.78 is 5.68. The summed E-state index contributed by atoms with van der Waals surface area (Å²) in [4.78, 5) is 29.5. The molecule has 2 rings (SSSR count). The lowest BCUT2D eigenvalue weighted by Crippen LogP contribution is -2.47. The van der Waals surface area contributed by atoms with Gasteiger partial charge in [-0.05, 0) is 44.9 Å². The van der Waals surface area contributed by atoms with Crippen molar-refractivity contribution < 1.29 is 14.0 Å². The molecule has 0 aliphatic carbocycles. The van der Waals surface area contributed by atoms with E-state index in [1.807, 2.05) is 70.2 Å². The Kier molecular flexibility index (Phi) is 8.32. The first-order chi connectivity index (χ1) is 13.8. The number of aryl methyl sites for hydroxylation is 1. The highest BCUT2D eigenvalue weighted by molar-refractivity contribution is 6.19. The van der Waals surface area contributed by atoms with Crippen LogP contribution in [-0.4, -0.2) is 40.6 Å². The van der Waals surface area contributed by atoms with E-state index >= 15 is 0 Å². The molecule has 0 fully saturated rings. The lowest BCUT2D eigenvalue weighted by atomic mass is 9.94. The van der Waals surface area contributed by atoms with Crippen molar-refractivity contribution in [3.05, 3.63) is 59.5 Å². The van der Waals surface area contributed by atoms with Gasteiger partial charge in [-0.2, -0.15) is 0 Å². The fraction of sp³-hybridized carbons (Fsp3) is 0.478. The molecule has 0 aliphatic rings. The minimum atomic E-state index is -0.709. The van der Waals surface area contributed by atoms with Crippen LogP contribution < -0.4 is 0 Å². The monoisotopic (exact) mass is 418 g/mol. The van der Waals surface area contributed by atoms with Crippen molar-refractivity contribution in [3.63, 3.8) is 0 Å². The van der Waals surface area contributed by atoms with Crippen LogP contribution >= 0.6 is 11.6 Å². The zero-order valence-electron chi connectivity index (χ0n) is 17.8. The van der Waals surface area contributed by atoms with E-state index in [9.17, 15) is 9.59 Å². The van der Waals surface area contributed by atoms with Crippen LogP contribution in [-0.2, 0) is 22.7 Å². The molecule has 0 bridgehead atoms. The Bertz CT molecular complexity index is 801. The maximum atomic E-state index is 13.2. The fourth-order valence-corrected chi connectivity index (χ4v) is 3.18. The summed E-state index contributed by atoms with van der Waals surface area (Å²) in [6, 6.07) is 13.6. The van der Waals surface area contributed by atoms with Gasteiger partial charge in [0.2, 0.25) is 11.8 Å². The van der Waals surface area contributed by atoms with Crippen LogP contribution in [0.1, 0.15) is 44.3 Å². The van der Waals surface area contributed by atoms with Gasteiger partial charge in [0.1, 0.15) is 11.5 Å². The quantitative estimate of drug-likeness (QED) is 0.529. The van der Waals surface area contributed by atoms with E-state index in [-0.39, 0.29) is 24.2 Å². The zero-order chi connectivity index (χ0) is 21.4. The Morgan fingerprint density at radius 3 is 2.28 bits per heavy atom. The minimum Gasteiger partial charge on any atom is -0.464 e. The molecule has 0 spiro atoms. The molecule has 0 N–H and O–H groups in total. The first-order valence-electron chi connectivity index (χ1n) is 9.99. The molecule has 6 heteroatoms. The van der Waals surface area contributed by atoms with Gasteiger partial charge >= 0.3 is 0 Å². The highest BCUT2D eigenvalue weighted by Crippen LogP contribution is 2.21. The van der Waals surface area contributed by atoms with E-state index < -0.39 is 5.41 Å². The van der Waals surface area contributed by atoms with Crippen molar-refractivity contribution in [2.45, 2.75) is 47.2 Å². The summed E-state index contributed by atoms with van der Waals surface area (Å²) >= 11 is 5.99. The molecule has 0 unspecified atom stereocenters. The van der Waals surface area contributed by atoms with Crippen LogP contribution in [0, 0.1) is 12.3 Å². The van der Waals surface area contributed by atoms with Gasteiger partial charge in [0.05, 0.1) is 18.5 Å². The average molecular weight is 419 g/mol. The predicted octanol–water partition coefficient (Wildman–Crippen LogP) is 4.62. The molecule has 0 atom stereocenters. The molecule has 1 aromatic heterocycles. The molecule has 5 nitrogen and oxygen atoms in total. The van der Waals surface area contributed by atoms with Gasteiger partial charge < -0.3 is 14.2 Å². The van der Waals surface area contributed by atoms with Crippen molar-refractivity contribution in [2.24, 2.45) is 5.41 Å². The fourth-order valence-electron chi connectivity index (χ4n) is 3.07. The number of rotatable bonds is 10. The van der Waals surface area contributed by atoms with Gasteiger partial charge in [-0.3, -0.25) is 9.59 Å². The van der Waals surface area contributed by atoms with Gasteiger partial charge in [-0.15, -0.1) is 11.6 Å². The molecule has 2 amide bonds. The number of alkyl halides is 1. The smallest absolute Gasteiger partial charge is 0.242 e. The third-order valence-electron chi connectivity index (χ3n) is 4.73. The second kappa shape index (κ2) is 10.5. The van der Waals surface area contributed by atoms with Crippen molar-refractivity contribution >= 4 is 23.4 Å². The second-order valence-corrected chi connectivity index (χ2v) is 8.26. The first-order valence-corrected chi connectivity index (χ1v) is 10.5. The Labute approximate surface area is 178 Å². The summed E-state index contributed by atoms with van der Waals surface area (Å²) in [5.74, 6) is 1.52. The maximum Gasteiger partial charge on any atom is 0.242 e. The number of hydrogen-bond acceptors (Lipinski definition) is 3. The van der Waals surface area contributed by atoms with Crippen LogP contribution in [0.5, 0.6) is 0 Å². The molecule has 0 saturated carbocycles. The van der Waals surface area contributed by atoms with Crippen molar-refractivity contribution in [2.75, 3.05) is 19.0 Å². The second-order valence-electron chi connectivity index (χ2n) is 7.99. The van der Waals surface area contributed by atoms with Crippen molar-refractivity contribution in [1.82, 2.24) is 9.80 Å². The number of halogens is 1. The molecular formula is C23H31ClN2O3. The molecule has 2 aromatic rings. The molecule has 1 aromatic carbocycles. The molecule has 1 heterocycles. The molecule has 29 heavy (non-hydrogen) atoms. The van der Waals surface area contributed by atoms with E-state index in [4.69, 9.17) is 16.0 Å². The van der Waals surface area contributed by atoms with E-state index in [0.717, 1.165) is 23.5 Å². The number of carbonyl (C=O) groups excluding carboxylic acids is 2. The summed E-state index contributed by atoms with van der Waals surface area (Å²) in [6.45, 7) is 8.84. The Balaban J connectivity index is 2.20. The molecule has 0 saturated heterocycles. The summed E-state index contributed by atoms with van der Waals surface area (Å²) in [7, 11) is 0. The standard InChI is InChI=1S/C23H31ClN2O3/c1-5-13-25(22(28)23(3,4)17-24)16-21(27)26(14-19-9-7-6-8-10-19)15-20-12-11-18(2)29-20/h6-12H,5,13-17H2,1-4H3. The molecule has 0 radical (unpaired) electrons. The third-order valence-corrected chi connectivity index (χ3v) is 5.40. The Hall–Kier alpha value is -2.27. The normalized spacial score (nSPS) is 11.3. The van der Waals surface area contributed by atoms with Gasteiger partial charge in [0.15, 0.2) is 0 Å². The molecule has 158 valence electrons. The SMILES string of the molecule is CCCN(CC(=O)N(Cc1ccccc1)Cc1ccc(C)o1)C(=O)C(C)(C)CCl.